The molecule has 2 unspecified atom stereocenters. The van der Waals surface area contributed by atoms with Gasteiger partial charge in [-0.15, -0.1) is 0 Å². The van der Waals surface area contributed by atoms with Crippen LogP contribution in [0.25, 0.3) is 0 Å². The number of carboxylic acid groups (broad SMARTS) is 1. The summed E-state index contributed by atoms with van der Waals surface area (Å²) in [6.07, 6.45) is 1.54. The van der Waals surface area contributed by atoms with Crippen molar-refractivity contribution < 1.29 is 19.1 Å². The Morgan fingerprint density at radius 3 is 2.84 bits per heavy atom. The van der Waals surface area contributed by atoms with Crippen molar-refractivity contribution in [3.63, 3.8) is 0 Å². The van der Waals surface area contributed by atoms with Crippen LogP contribution in [-0.4, -0.2) is 53.0 Å². The maximum Gasteiger partial charge on any atom is 0.309 e. The quantitative estimate of drug-likeness (QED) is 0.869. The lowest BCUT2D eigenvalue weighted by atomic mass is 10.1. The third-order valence-corrected chi connectivity index (χ3v) is 3.56. The van der Waals surface area contributed by atoms with Crippen LogP contribution >= 0.6 is 0 Å². The number of amides is 1. The zero-order chi connectivity index (χ0) is 14.0. The molecule has 19 heavy (non-hydrogen) atoms. The van der Waals surface area contributed by atoms with Crippen molar-refractivity contribution in [1.29, 1.82) is 0 Å². The highest BCUT2D eigenvalue weighted by atomic mass is 16.4. The first-order valence-corrected chi connectivity index (χ1v) is 6.23. The van der Waals surface area contributed by atoms with Crippen molar-refractivity contribution in [3.8, 4) is 0 Å². The molecule has 0 bridgehead atoms. The van der Waals surface area contributed by atoms with Gasteiger partial charge in [0.05, 0.1) is 24.8 Å². The van der Waals surface area contributed by atoms with Gasteiger partial charge >= 0.3 is 5.97 Å². The number of aliphatic carboxylic acids is 1. The Kier molecular flexibility index (Phi) is 3.90. The molecular formula is C13H18N2O4. The van der Waals surface area contributed by atoms with Crippen LogP contribution in [0.2, 0.25) is 0 Å². The molecule has 1 aliphatic rings. The van der Waals surface area contributed by atoms with E-state index in [9.17, 15) is 14.7 Å². The molecule has 0 radical (unpaired) electrons. The van der Waals surface area contributed by atoms with Gasteiger partial charge in [-0.25, -0.2) is 0 Å². The molecule has 1 aromatic rings. The summed E-state index contributed by atoms with van der Waals surface area (Å²) < 4.78 is 5.23. The minimum atomic E-state index is -0.877. The molecule has 1 aromatic heterocycles. The van der Waals surface area contributed by atoms with Gasteiger partial charge in [0.15, 0.2) is 0 Å². The van der Waals surface area contributed by atoms with Gasteiger partial charge in [-0.2, -0.15) is 0 Å². The van der Waals surface area contributed by atoms with Crippen LogP contribution in [0.1, 0.15) is 12.7 Å². The summed E-state index contributed by atoms with van der Waals surface area (Å²) in [5.74, 6) is -0.857. The zero-order valence-electron chi connectivity index (χ0n) is 11.1. The Morgan fingerprint density at radius 2 is 2.26 bits per heavy atom. The lowest BCUT2D eigenvalue weighted by Gasteiger charge is -2.24. The van der Waals surface area contributed by atoms with E-state index >= 15 is 0 Å². The maximum absolute atomic E-state index is 12.3. The summed E-state index contributed by atoms with van der Waals surface area (Å²) in [4.78, 5) is 26.9. The van der Waals surface area contributed by atoms with Crippen molar-refractivity contribution in [2.24, 2.45) is 5.92 Å². The van der Waals surface area contributed by atoms with Gasteiger partial charge in [0.2, 0.25) is 5.91 Å². The molecule has 6 heteroatoms. The molecule has 1 fully saturated rings. The summed E-state index contributed by atoms with van der Waals surface area (Å²) >= 11 is 0. The van der Waals surface area contributed by atoms with Crippen LogP contribution in [-0.2, 0) is 16.1 Å². The molecule has 2 atom stereocenters. The summed E-state index contributed by atoms with van der Waals surface area (Å²) in [5.41, 5.74) is 0. The summed E-state index contributed by atoms with van der Waals surface area (Å²) in [7, 11) is 1.77. The van der Waals surface area contributed by atoms with E-state index in [4.69, 9.17) is 4.42 Å². The van der Waals surface area contributed by atoms with Crippen LogP contribution in [0.5, 0.6) is 0 Å². The second kappa shape index (κ2) is 5.44. The van der Waals surface area contributed by atoms with E-state index in [1.807, 2.05) is 0 Å². The summed E-state index contributed by atoms with van der Waals surface area (Å²) in [5, 5.41) is 9.21. The first-order chi connectivity index (χ1) is 8.99. The summed E-state index contributed by atoms with van der Waals surface area (Å²) in [6, 6.07) is 3.21. The number of carbonyl (C=O) groups excluding carboxylic acids is 1. The Balaban J connectivity index is 2.18. The largest absolute Gasteiger partial charge is 0.481 e. The Hall–Kier alpha value is -1.82. The first-order valence-electron chi connectivity index (χ1n) is 6.23. The molecule has 6 nitrogen and oxygen atoms in total. The van der Waals surface area contributed by atoms with Crippen LogP contribution in [0.15, 0.2) is 22.8 Å². The smallest absolute Gasteiger partial charge is 0.309 e. The second-order valence-electron chi connectivity index (χ2n) is 4.95. The molecule has 0 aromatic carbocycles. The molecule has 0 saturated carbocycles. The Bertz CT molecular complexity index is 457. The SMILES string of the molecule is CC1C(=O)N(Cc2ccco2)CC(C(=O)O)CN1C. The molecular weight excluding hydrogens is 248 g/mol. The highest BCUT2D eigenvalue weighted by Crippen LogP contribution is 2.17. The Morgan fingerprint density at radius 1 is 1.53 bits per heavy atom. The molecule has 2 rings (SSSR count). The fourth-order valence-corrected chi connectivity index (χ4v) is 2.26. The zero-order valence-corrected chi connectivity index (χ0v) is 11.1. The van der Waals surface area contributed by atoms with Crippen molar-refractivity contribution >= 4 is 11.9 Å². The van der Waals surface area contributed by atoms with E-state index in [0.29, 0.717) is 18.8 Å². The number of rotatable bonds is 3. The van der Waals surface area contributed by atoms with Crippen molar-refractivity contribution in [1.82, 2.24) is 9.80 Å². The number of likely N-dealkylation sites (N-methyl/N-ethyl adjacent to an activating group) is 1. The highest BCUT2D eigenvalue weighted by molar-refractivity contribution is 5.83. The standard InChI is InChI=1S/C13H18N2O4/c1-9-12(16)15(8-11-4-3-5-19-11)7-10(13(17)18)6-14(9)2/h3-5,9-10H,6-8H2,1-2H3,(H,17,18). The number of nitrogens with zero attached hydrogens (tertiary/aromatic N) is 2. The van der Waals surface area contributed by atoms with Gasteiger partial charge in [-0.1, -0.05) is 0 Å². The number of hydrogen-bond acceptors (Lipinski definition) is 4. The molecule has 1 aliphatic heterocycles. The number of hydrogen-bond donors (Lipinski definition) is 1. The van der Waals surface area contributed by atoms with Crippen LogP contribution in [0.4, 0.5) is 0 Å². The molecule has 2 heterocycles. The predicted molar refractivity (Wildman–Crippen MR) is 67.3 cm³/mol. The molecule has 1 saturated heterocycles. The van der Waals surface area contributed by atoms with Gasteiger partial charge in [0.1, 0.15) is 5.76 Å². The van der Waals surface area contributed by atoms with Crippen molar-refractivity contribution in [3.05, 3.63) is 24.2 Å². The van der Waals surface area contributed by atoms with Crippen LogP contribution in [0, 0.1) is 5.92 Å². The van der Waals surface area contributed by atoms with E-state index in [2.05, 4.69) is 0 Å². The van der Waals surface area contributed by atoms with Crippen molar-refractivity contribution in [2.75, 3.05) is 20.1 Å². The lowest BCUT2D eigenvalue weighted by molar-refractivity contribution is -0.143. The van der Waals surface area contributed by atoms with Crippen LogP contribution in [0.3, 0.4) is 0 Å². The van der Waals surface area contributed by atoms with Gasteiger partial charge in [-0.05, 0) is 26.1 Å². The molecule has 1 N–H and O–H groups in total. The van der Waals surface area contributed by atoms with Gasteiger partial charge in [-0.3, -0.25) is 14.5 Å². The molecule has 0 spiro atoms. The van der Waals surface area contributed by atoms with E-state index in [1.165, 1.54) is 0 Å². The van der Waals surface area contributed by atoms with Crippen molar-refractivity contribution in [2.45, 2.75) is 19.5 Å². The maximum atomic E-state index is 12.3. The fourth-order valence-electron chi connectivity index (χ4n) is 2.26. The fraction of sp³-hybridized carbons (Fsp3) is 0.538. The average Bonchev–Trinajstić information content (AvgIpc) is 2.84. The highest BCUT2D eigenvalue weighted by Gasteiger charge is 2.34. The second-order valence-corrected chi connectivity index (χ2v) is 4.95. The molecule has 1 amide bonds. The van der Waals surface area contributed by atoms with Gasteiger partial charge in [0.25, 0.3) is 0 Å². The number of carboxylic acids is 1. The first kappa shape index (κ1) is 13.6. The number of furan rings is 1. The molecule has 0 aliphatic carbocycles. The normalized spacial score (nSPS) is 25.4. The van der Waals surface area contributed by atoms with Crippen LogP contribution < -0.4 is 0 Å². The lowest BCUT2D eigenvalue weighted by Crippen LogP contribution is -2.42. The third-order valence-electron chi connectivity index (χ3n) is 3.56. The number of carbonyl (C=O) groups is 2. The predicted octanol–water partition coefficient (Wildman–Crippen LogP) is 0.643. The molecule has 104 valence electrons. The van der Waals surface area contributed by atoms with E-state index in [1.54, 1.807) is 42.2 Å². The van der Waals surface area contributed by atoms with Gasteiger partial charge in [0, 0.05) is 13.1 Å². The van der Waals surface area contributed by atoms with E-state index in [0.717, 1.165) is 0 Å². The Labute approximate surface area is 111 Å². The summed E-state index contributed by atoms with van der Waals surface area (Å²) in [6.45, 7) is 2.69. The monoisotopic (exact) mass is 266 g/mol. The van der Waals surface area contributed by atoms with Gasteiger partial charge < -0.3 is 14.4 Å². The van der Waals surface area contributed by atoms with E-state index in [-0.39, 0.29) is 18.5 Å². The minimum Gasteiger partial charge on any atom is -0.481 e. The topological polar surface area (TPSA) is 74.0 Å². The minimum absolute atomic E-state index is 0.0670. The van der Waals surface area contributed by atoms with E-state index < -0.39 is 11.9 Å². The average molecular weight is 266 g/mol. The third kappa shape index (κ3) is 2.96.